The smallest absolute Gasteiger partial charge is 0.279 e. The number of aromatic nitrogens is 5. The molecule has 0 saturated carbocycles. The van der Waals surface area contributed by atoms with Gasteiger partial charge in [0.15, 0.2) is 13.9 Å². The van der Waals surface area contributed by atoms with E-state index in [0.29, 0.717) is 29.7 Å². The van der Waals surface area contributed by atoms with Crippen molar-refractivity contribution in [1.29, 1.82) is 0 Å². The highest BCUT2D eigenvalue weighted by Crippen LogP contribution is 2.59. The second kappa shape index (κ2) is 13.1. The van der Waals surface area contributed by atoms with E-state index in [-0.39, 0.29) is 42.0 Å². The normalized spacial score (nSPS) is 22.1. The number of fused-ring (bicyclic) bond motifs is 3. The number of nitrogens with one attached hydrogen (secondary N) is 1. The number of rotatable bonds is 10. The van der Waals surface area contributed by atoms with Gasteiger partial charge in [0.25, 0.3) is 11.5 Å². The number of para-hydroxylation sites is 2. The van der Waals surface area contributed by atoms with Gasteiger partial charge in [0.1, 0.15) is 0 Å². The third-order valence-electron chi connectivity index (χ3n) is 10.9. The van der Waals surface area contributed by atoms with E-state index in [1.54, 1.807) is 15.6 Å². The quantitative estimate of drug-likeness (QED) is 0.160. The topological polar surface area (TPSA) is 138 Å². The van der Waals surface area contributed by atoms with Gasteiger partial charge in [-0.3, -0.25) is 19.4 Å². The molecule has 52 heavy (non-hydrogen) atoms. The molecule has 266 valence electrons. The molecule has 0 bridgehead atoms. The fourth-order valence-corrected chi connectivity index (χ4v) is 11.2. The third-order valence-corrected chi connectivity index (χ3v) is 13.4. The lowest BCUT2D eigenvalue weighted by atomic mass is 9.82. The molecule has 6 aromatic rings. The highest BCUT2D eigenvalue weighted by Gasteiger charge is 2.66. The van der Waals surface area contributed by atoms with Crippen LogP contribution < -0.4 is 10.5 Å². The van der Waals surface area contributed by atoms with E-state index in [1.807, 2.05) is 123 Å². The lowest BCUT2D eigenvalue weighted by molar-refractivity contribution is -0.146. The van der Waals surface area contributed by atoms with Crippen molar-refractivity contribution in [2.45, 2.75) is 62.7 Å². The Kier molecular flexibility index (Phi) is 8.57. The minimum absolute atomic E-state index is 0.0926. The molecule has 2 aliphatic rings. The summed E-state index contributed by atoms with van der Waals surface area (Å²) in [6.45, 7) is 6.53. The van der Waals surface area contributed by atoms with Gasteiger partial charge < -0.3 is 19.5 Å². The molecule has 5 atom stereocenters. The van der Waals surface area contributed by atoms with Gasteiger partial charge in [0.05, 0.1) is 53.1 Å². The van der Waals surface area contributed by atoms with Gasteiger partial charge >= 0.3 is 0 Å². The molecular formula is C40H42N6O5Si. The summed E-state index contributed by atoms with van der Waals surface area (Å²) in [5, 5.41) is 22.7. The number of aromatic amines is 1. The van der Waals surface area contributed by atoms with E-state index in [9.17, 15) is 19.5 Å². The van der Waals surface area contributed by atoms with Crippen LogP contribution in [0.15, 0.2) is 114 Å². The molecule has 1 spiro atoms. The first-order valence-electron chi connectivity index (χ1n) is 17.8. The number of aliphatic hydroxyl groups is 1. The summed E-state index contributed by atoms with van der Waals surface area (Å²) in [4.78, 5) is 41.6. The van der Waals surface area contributed by atoms with Gasteiger partial charge in [-0.15, -0.1) is 5.10 Å². The second-order valence-electron chi connectivity index (χ2n) is 14.6. The van der Waals surface area contributed by atoms with Crippen LogP contribution in [0.2, 0.25) is 18.6 Å². The highest BCUT2D eigenvalue weighted by atomic mass is 28.4. The molecular weight excluding hydrogens is 673 g/mol. The molecule has 4 heterocycles. The first kappa shape index (κ1) is 34.0. The summed E-state index contributed by atoms with van der Waals surface area (Å²) in [6, 6.07) is 32.6. The van der Waals surface area contributed by atoms with Gasteiger partial charge in [-0.25, -0.2) is 4.68 Å². The fourth-order valence-electron chi connectivity index (χ4n) is 8.57. The number of amides is 1. The Morgan fingerprint density at radius 1 is 0.962 bits per heavy atom. The number of hydrogen-bond donors (Lipinski definition) is 3. The fraction of sp³-hybridized carbons (Fsp3) is 0.300. The number of nitrogens with zero attached hydrogens (tertiary/aromatic N) is 5. The Bertz CT molecular complexity index is 2310. The van der Waals surface area contributed by atoms with Crippen molar-refractivity contribution < 1.29 is 19.4 Å². The molecule has 1 fully saturated rings. The summed E-state index contributed by atoms with van der Waals surface area (Å²) in [5.74, 6) is -0.751. The second-order valence-corrected chi connectivity index (χ2v) is 18.6. The SMILES string of the molecule is C[C@@H]1[C@@H]([Si](C)(C)O)[C@H](CCn2cc(C(CO)c3ccccc3)nn2)O[C@@]12C(=O)N(Cc1cccc(-n3[nH]c4ccccc4c3=O)c1)c1ccccc12. The van der Waals surface area contributed by atoms with Crippen LogP contribution in [0.25, 0.3) is 16.6 Å². The largest absolute Gasteiger partial charge is 0.432 e. The van der Waals surface area contributed by atoms with E-state index >= 15 is 0 Å². The van der Waals surface area contributed by atoms with Crippen LogP contribution in [-0.4, -0.2) is 61.6 Å². The van der Waals surface area contributed by atoms with Crippen LogP contribution in [0.4, 0.5) is 5.69 Å². The van der Waals surface area contributed by atoms with E-state index in [2.05, 4.69) is 15.4 Å². The first-order chi connectivity index (χ1) is 25.1. The summed E-state index contributed by atoms with van der Waals surface area (Å²) in [5.41, 5.74) is 3.86. The predicted molar refractivity (Wildman–Crippen MR) is 201 cm³/mol. The van der Waals surface area contributed by atoms with Crippen LogP contribution in [0.1, 0.15) is 41.6 Å². The zero-order valence-electron chi connectivity index (χ0n) is 29.4. The van der Waals surface area contributed by atoms with Gasteiger partial charge in [-0.1, -0.05) is 84.9 Å². The molecule has 1 unspecified atom stereocenters. The number of hydrogen-bond acceptors (Lipinski definition) is 7. The van der Waals surface area contributed by atoms with E-state index in [0.717, 1.165) is 27.9 Å². The Labute approximate surface area is 302 Å². The van der Waals surface area contributed by atoms with Gasteiger partial charge in [0.2, 0.25) is 0 Å². The molecule has 11 nitrogen and oxygen atoms in total. The van der Waals surface area contributed by atoms with Crippen molar-refractivity contribution in [1.82, 2.24) is 24.8 Å². The number of benzene rings is 4. The molecule has 1 amide bonds. The van der Waals surface area contributed by atoms with Crippen molar-refractivity contribution in [2.75, 3.05) is 11.5 Å². The Hall–Kier alpha value is -5.14. The number of aryl methyl sites for hydroxylation is 1. The molecule has 2 aromatic heterocycles. The Morgan fingerprint density at radius 3 is 2.48 bits per heavy atom. The number of carbonyl (C=O) groups is 1. The van der Waals surface area contributed by atoms with Crippen molar-refractivity contribution in [3.05, 3.63) is 142 Å². The van der Waals surface area contributed by atoms with Gasteiger partial charge in [0, 0.05) is 29.8 Å². The Balaban J connectivity index is 1.07. The molecule has 1 saturated heterocycles. The third kappa shape index (κ3) is 5.62. The van der Waals surface area contributed by atoms with Gasteiger partial charge in [-0.05, 0) is 61.0 Å². The predicted octanol–water partition coefficient (Wildman–Crippen LogP) is 5.47. The molecule has 0 aliphatic carbocycles. The number of aliphatic hydroxyl groups excluding tert-OH is 1. The monoisotopic (exact) mass is 714 g/mol. The van der Waals surface area contributed by atoms with E-state index < -0.39 is 20.0 Å². The molecule has 4 aromatic carbocycles. The van der Waals surface area contributed by atoms with E-state index in [1.165, 1.54) is 4.68 Å². The summed E-state index contributed by atoms with van der Waals surface area (Å²) in [7, 11) is -2.87. The zero-order chi connectivity index (χ0) is 36.2. The molecule has 3 N–H and O–H groups in total. The van der Waals surface area contributed by atoms with Crippen LogP contribution in [-0.2, 0) is 28.2 Å². The zero-order valence-corrected chi connectivity index (χ0v) is 30.4. The number of carbonyl (C=O) groups excluding carboxylic acids is 1. The average Bonchev–Trinajstić information content (AvgIpc) is 3.89. The lowest BCUT2D eigenvalue weighted by Gasteiger charge is -2.32. The molecule has 0 radical (unpaired) electrons. The Morgan fingerprint density at radius 2 is 1.71 bits per heavy atom. The first-order valence-corrected chi connectivity index (χ1v) is 20.8. The van der Waals surface area contributed by atoms with Crippen molar-refractivity contribution in [3.8, 4) is 5.69 Å². The minimum atomic E-state index is -2.87. The average molecular weight is 715 g/mol. The van der Waals surface area contributed by atoms with Crippen molar-refractivity contribution >= 4 is 30.8 Å². The lowest BCUT2D eigenvalue weighted by Crippen LogP contribution is -2.46. The number of ether oxygens (including phenoxy) is 1. The highest BCUT2D eigenvalue weighted by molar-refractivity contribution is 6.71. The number of H-pyrrole nitrogens is 1. The molecule has 2 aliphatic heterocycles. The van der Waals surface area contributed by atoms with Crippen molar-refractivity contribution in [2.24, 2.45) is 5.92 Å². The molecule has 8 rings (SSSR count). The number of anilines is 1. The van der Waals surface area contributed by atoms with Crippen LogP contribution in [0.3, 0.4) is 0 Å². The summed E-state index contributed by atoms with van der Waals surface area (Å²) >= 11 is 0. The van der Waals surface area contributed by atoms with E-state index in [4.69, 9.17) is 4.74 Å². The molecule has 12 heteroatoms. The van der Waals surface area contributed by atoms with Gasteiger partial charge in [-0.2, -0.15) is 0 Å². The maximum Gasteiger partial charge on any atom is 0.279 e. The van der Waals surface area contributed by atoms with Crippen LogP contribution >= 0.6 is 0 Å². The van der Waals surface area contributed by atoms with Crippen LogP contribution in [0.5, 0.6) is 0 Å². The minimum Gasteiger partial charge on any atom is -0.432 e. The standard InChI is InChI=1S/C40H42N6O5Si/c1-26-37(52(2,3)50)36(20-21-44-24-34(41-43-44)31(25-47)28-13-5-4-6-14-28)51-40(26)32-17-8-10-19-35(32)45(39(40)49)23-27-12-11-15-29(22-27)46-38(48)30-16-7-9-18-33(30)42-46/h4-19,22,24,26,31,36-37,42,47,50H,20-21,23,25H2,1-3H3/t26-,31?,36+,37-,40+/m1/s1. The van der Waals surface area contributed by atoms with Crippen molar-refractivity contribution in [3.63, 3.8) is 0 Å². The van der Waals surface area contributed by atoms with Crippen LogP contribution in [0, 0.1) is 5.92 Å². The maximum atomic E-state index is 14.9. The maximum absolute atomic E-state index is 14.9. The summed E-state index contributed by atoms with van der Waals surface area (Å²) < 4.78 is 10.3. The summed E-state index contributed by atoms with van der Waals surface area (Å²) in [6.07, 6.45) is 1.96.